The van der Waals surface area contributed by atoms with Crippen LogP contribution in [-0.2, 0) is 15.4 Å². The fourth-order valence-electron chi connectivity index (χ4n) is 5.14. The predicted molar refractivity (Wildman–Crippen MR) is 132 cm³/mol. The van der Waals surface area contributed by atoms with E-state index in [4.69, 9.17) is 9.47 Å². The van der Waals surface area contributed by atoms with Gasteiger partial charge in [0.1, 0.15) is 12.2 Å². The van der Waals surface area contributed by atoms with Crippen molar-refractivity contribution in [2.24, 2.45) is 5.41 Å². The second-order valence-electron chi connectivity index (χ2n) is 11.0. The van der Waals surface area contributed by atoms with Crippen molar-refractivity contribution in [1.82, 2.24) is 4.90 Å². The van der Waals surface area contributed by atoms with E-state index in [2.05, 4.69) is 15.9 Å². The highest BCUT2D eigenvalue weighted by molar-refractivity contribution is 9.10. The number of hydrogen-bond acceptors (Lipinski definition) is 5. The number of aliphatic hydroxyl groups is 1. The SMILES string of the molecule is CC(C)(C)OC(=O)N1CC2(CC2)C[C@H]1C(O)OCC(=O)c1ccc2c(c1)C(F)(F)c1cc(Br)ccc1-2. The van der Waals surface area contributed by atoms with Gasteiger partial charge < -0.3 is 14.6 Å². The zero-order valence-corrected chi connectivity index (χ0v) is 21.9. The molecule has 1 aliphatic heterocycles. The Balaban J connectivity index is 1.28. The number of carbonyl (C=O) groups is 2. The number of benzene rings is 2. The van der Waals surface area contributed by atoms with Crippen LogP contribution in [0.1, 0.15) is 61.5 Å². The molecule has 6 nitrogen and oxygen atoms in total. The average Bonchev–Trinajstić information content (AvgIpc) is 3.38. The van der Waals surface area contributed by atoms with E-state index in [1.807, 2.05) is 0 Å². The molecule has 2 aliphatic carbocycles. The van der Waals surface area contributed by atoms with Gasteiger partial charge in [-0.1, -0.05) is 34.1 Å². The van der Waals surface area contributed by atoms with Crippen molar-refractivity contribution in [3.8, 4) is 11.1 Å². The van der Waals surface area contributed by atoms with E-state index in [1.165, 1.54) is 29.2 Å². The number of halogens is 3. The standard InChI is InChI=1S/C27H28BrF2NO5/c1-25(2,3)36-24(34)31-14-26(8-9-26)12-21(31)23(33)35-13-22(32)15-4-6-17-18-7-5-16(28)11-20(18)27(29,30)19(17)10-15/h4-7,10-11,21,23,33H,8-9,12-14H2,1-3H3/t21-,23?/m0/s1. The quantitative estimate of drug-likeness (QED) is 0.363. The third-order valence-corrected chi connectivity index (χ3v) is 7.63. The number of ketones is 1. The molecule has 0 radical (unpaired) electrons. The number of amides is 1. The second-order valence-corrected chi connectivity index (χ2v) is 11.9. The fourth-order valence-corrected chi connectivity index (χ4v) is 5.50. The first-order valence-electron chi connectivity index (χ1n) is 11.9. The van der Waals surface area contributed by atoms with Crippen LogP contribution >= 0.6 is 15.9 Å². The monoisotopic (exact) mass is 563 g/mol. The van der Waals surface area contributed by atoms with Crippen LogP contribution in [0.15, 0.2) is 40.9 Å². The van der Waals surface area contributed by atoms with Gasteiger partial charge in [0.15, 0.2) is 12.1 Å². The van der Waals surface area contributed by atoms with Gasteiger partial charge in [0, 0.05) is 27.7 Å². The molecule has 1 saturated heterocycles. The average molecular weight is 564 g/mol. The summed E-state index contributed by atoms with van der Waals surface area (Å²) in [6.07, 6.45) is 0.532. The number of carbonyl (C=O) groups excluding carboxylic acids is 2. The van der Waals surface area contributed by atoms with Gasteiger partial charge in [0.05, 0.1) is 6.04 Å². The molecule has 192 valence electrons. The lowest BCUT2D eigenvalue weighted by Gasteiger charge is -2.30. The Kier molecular flexibility index (Phi) is 6.04. The van der Waals surface area contributed by atoms with Crippen LogP contribution < -0.4 is 0 Å². The van der Waals surface area contributed by atoms with E-state index in [9.17, 15) is 14.7 Å². The maximum atomic E-state index is 15.1. The fraction of sp³-hybridized carbons (Fsp3) is 0.481. The molecule has 2 aromatic carbocycles. The van der Waals surface area contributed by atoms with Crippen molar-refractivity contribution in [3.63, 3.8) is 0 Å². The molecule has 9 heteroatoms. The maximum Gasteiger partial charge on any atom is 0.410 e. The molecule has 2 aromatic rings. The Hall–Kier alpha value is -2.36. The molecular formula is C27H28BrF2NO5. The Bertz CT molecular complexity index is 1240. The minimum absolute atomic E-state index is 0.0362. The van der Waals surface area contributed by atoms with E-state index < -0.39 is 42.3 Å². The topological polar surface area (TPSA) is 76.1 Å². The first-order valence-corrected chi connectivity index (χ1v) is 12.7. The Morgan fingerprint density at radius 2 is 1.78 bits per heavy atom. The molecule has 3 aliphatic rings. The molecule has 1 spiro atoms. The van der Waals surface area contributed by atoms with E-state index in [1.54, 1.807) is 32.9 Å². The highest BCUT2D eigenvalue weighted by Crippen LogP contribution is 2.55. The number of hydrogen-bond donors (Lipinski definition) is 1. The lowest BCUT2D eigenvalue weighted by Crippen LogP contribution is -2.46. The van der Waals surface area contributed by atoms with E-state index in [-0.39, 0.29) is 22.1 Å². The molecule has 0 bridgehead atoms. The van der Waals surface area contributed by atoms with Crippen LogP contribution in [0.2, 0.25) is 0 Å². The van der Waals surface area contributed by atoms with Gasteiger partial charge >= 0.3 is 6.09 Å². The number of alkyl halides is 2. The molecule has 1 heterocycles. The van der Waals surface area contributed by atoms with Crippen molar-refractivity contribution in [2.75, 3.05) is 13.2 Å². The molecule has 1 saturated carbocycles. The van der Waals surface area contributed by atoms with Crippen molar-refractivity contribution in [1.29, 1.82) is 0 Å². The number of likely N-dealkylation sites (tertiary alicyclic amines) is 1. The predicted octanol–water partition coefficient (Wildman–Crippen LogP) is 5.88. The number of nitrogens with zero attached hydrogens (tertiary/aromatic N) is 1. The summed E-state index contributed by atoms with van der Waals surface area (Å²) in [5, 5.41) is 10.8. The van der Waals surface area contributed by atoms with E-state index >= 15 is 8.78 Å². The molecule has 5 rings (SSSR count). The molecule has 1 unspecified atom stereocenters. The molecule has 1 N–H and O–H groups in total. The van der Waals surface area contributed by atoms with Gasteiger partial charge in [0.2, 0.25) is 0 Å². The van der Waals surface area contributed by atoms with Crippen LogP contribution in [0.4, 0.5) is 13.6 Å². The summed E-state index contributed by atoms with van der Waals surface area (Å²) < 4.78 is 41.8. The van der Waals surface area contributed by atoms with Gasteiger partial charge in [-0.05, 0) is 74.8 Å². The van der Waals surface area contributed by atoms with Crippen LogP contribution in [0.3, 0.4) is 0 Å². The third-order valence-electron chi connectivity index (χ3n) is 7.14. The minimum atomic E-state index is -3.23. The van der Waals surface area contributed by atoms with E-state index in [0.717, 1.165) is 12.8 Å². The lowest BCUT2D eigenvalue weighted by molar-refractivity contribution is -0.128. The van der Waals surface area contributed by atoms with E-state index in [0.29, 0.717) is 28.6 Å². The van der Waals surface area contributed by atoms with Crippen LogP contribution in [0.25, 0.3) is 11.1 Å². The second kappa shape index (κ2) is 8.60. The number of fused-ring (bicyclic) bond motifs is 3. The summed E-state index contributed by atoms with van der Waals surface area (Å²) in [5.74, 6) is -3.77. The lowest BCUT2D eigenvalue weighted by atomic mass is 10.0. The van der Waals surface area contributed by atoms with Gasteiger partial charge in [-0.15, -0.1) is 0 Å². The van der Waals surface area contributed by atoms with Gasteiger partial charge in [0.25, 0.3) is 5.92 Å². The summed E-state index contributed by atoms with van der Waals surface area (Å²) in [5.41, 5.74) is -0.179. The zero-order valence-electron chi connectivity index (χ0n) is 20.3. The molecule has 36 heavy (non-hydrogen) atoms. The summed E-state index contributed by atoms with van der Waals surface area (Å²) in [6, 6.07) is 8.28. The Morgan fingerprint density at radius 1 is 1.14 bits per heavy atom. The molecule has 2 atom stereocenters. The minimum Gasteiger partial charge on any atom is -0.444 e. The number of rotatable bonds is 5. The number of aliphatic hydroxyl groups excluding tert-OH is 1. The van der Waals surface area contributed by atoms with Gasteiger partial charge in [-0.2, -0.15) is 8.78 Å². The summed E-state index contributed by atoms with van der Waals surface area (Å²) in [4.78, 5) is 27.1. The zero-order chi connectivity index (χ0) is 26.0. The van der Waals surface area contributed by atoms with Crippen molar-refractivity contribution in [3.05, 3.63) is 57.6 Å². The van der Waals surface area contributed by atoms with Crippen LogP contribution in [0, 0.1) is 5.41 Å². The van der Waals surface area contributed by atoms with Crippen LogP contribution in [0.5, 0.6) is 0 Å². The summed E-state index contributed by atoms with van der Waals surface area (Å²) in [6.45, 7) is 5.27. The first-order chi connectivity index (χ1) is 16.8. The van der Waals surface area contributed by atoms with Crippen LogP contribution in [-0.4, -0.2) is 53.0 Å². The molecule has 1 amide bonds. The number of ether oxygens (including phenoxy) is 2. The highest BCUT2D eigenvalue weighted by Gasteiger charge is 2.56. The van der Waals surface area contributed by atoms with Crippen molar-refractivity contribution < 1.29 is 33.0 Å². The first kappa shape index (κ1) is 25.3. The van der Waals surface area contributed by atoms with Crippen molar-refractivity contribution in [2.45, 2.75) is 63.9 Å². The summed E-state index contributed by atoms with van der Waals surface area (Å²) in [7, 11) is 0. The Morgan fingerprint density at radius 3 is 2.42 bits per heavy atom. The smallest absolute Gasteiger partial charge is 0.410 e. The third kappa shape index (κ3) is 4.57. The largest absolute Gasteiger partial charge is 0.444 e. The van der Waals surface area contributed by atoms with Gasteiger partial charge in [-0.25, -0.2) is 4.79 Å². The molecule has 0 aromatic heterocycles. The highest BCUT2D eigenvalue weighted by atomic mass is 79.9. The molecule has 2 fully saturated rings. The number of Topliss-reactive ketones (excluding diaryl/α,β-unsaturated/α-hetero) is 1. The normalized spacial score (nSPS) is 21.8. The van der Waals surface area contributed by atoms with Crippen molar-refractivity contribution >= 4 is 27.8 Å². The summed E-state index contributed by atoms with van der Waals surface area (Å²) >= 11 is 3.24. The molecular weight excluding hydrogens is 536 g/mol. The van der Waals surface area contributed by atoms with Gasteiger partial charge in [-0.3, -0.25) is 9.69 Å². The maximum absolute atomic E-state index is 15.1. The Labute approximate surface area is 216 Å².